The first kappa shape index (κ1) is 14.0. The standard InChI is InChI=1S/C14H10ClFN2O2S/c1-21(19,20)12-4-2-3-11-13(12)18-14(17-11)9-6-5-8(16)7-10(9)15/h2-7H,1H3,(H,17,18). The minimum absolute atomic E-state index is 0.140. The molecule has 4 nitrogen and oxygen atoms in total. The maximum absolute atomic E-state index is 13.1. The van der Waals surface area contributed by atoms with Crippen LogP contribution < -0.4 is 0 Å². The molecule has 2 aromatic carbocycles. The smallest absolute Gasteiger partial charge is 0.177 e. The lowest BCUT2D eigenvalue weighted by atomic mass is 10.2. The minimum Gasteiger partial charge on any atom is -0.338 e. The number of imidazole rings is 1. The summed E-state index contributed by atoms with van der Waals surface area (Å²) in [6.07, 6.45) is 1.13. The number of H-pyrrole nitrogens is 1. The molecule has 0 amide bonds. The van der Waals surface area contributed by atoms with Gasteiger partial charge in [-0.05, 0) is 30.3 Å². The summed E-state index contributed by atoms with van der Waals surface area (Å²) in [7, 11) is -3.39. The van der Waals surface area contributed by atoms with Crippen LogP contribution in [0.15, 0.2) is 41.3 Å². The molecule has 0 atom stereocenters. The number of nitrogens with one attached hydrogen (secondary N) is 1. The Hall–Kier alpha value is -1.92. The Labute approximate surface area is 125 Å². The third-order valence-electron chi connectivity index (χ3n) is 3.06. The van der Waals surface area contributed by atoms with E-state index in [1.165, 1.54) is 24.3 Å². The SMILES string of the molecule is CS(=O)(=O)c1cccc2[nH]c(-c3ccc(F)cc3Cl)nc12. The molecule has 1 N–H and O–H groups in total. The summed E-state index contributed by atoms with van der Waals surface area (Å²) in [5.41, 5.74) is 1.43. The number of halogens is 2. The van der Waals surface area contributed by atoms with Crippen molar-refractivity contribution in [3.63, 3.8) is 0 Å². The number of nitrogens with zero attached hydrogens (tertiary/aromatic N) is 1. The van der Waals surface area contributed by atoms with Crippen LogP contribution in [0.4, 0.5) is 4.39 Å². The van der Waals surface area contributed by atoms with E-state index in [0.29, 0.717) is 22.4 Å². The second-order valence-corrected chi connectivity index (χ2v) is 7.03. The quantitative estimate of drug-likeness (QED) is 0.785. The molecule has 0 radical (unpaired) electrons. The zero-order valence-corrected chi connectivity index (χ0v) is 12.5. The molecule has 3 aromatic rings. The summed E-state index contributed by atoms with van der Waals surface area (Å²) in [5, 5.41) is 0.204. The lowest BCUT2D eigenvalue weighted by Crippen LogP contribution is -1.97. The van der Waals surface area contributed by atoms with Crippen molar-refractivity contribution in [3.05, 3.63) is 47.2 Å². The predicted molar refractivity (Wildman–Crippen MR) is 79.6 cm³/mol. The largest absolute Gasteiger partial charge is 0.338 e. The molecule has 0 unspecified atom stereocenters. The minimum atomic E-state index is -3.39. The molecular weight excluding hydrogens is 315 g/mol. The van der Waals surface area contributed by atoms with Crippen molar-refractivity contribution >= 4 is 32.5 Å². The molecule has 0 fully saturated rings. The molecule has 108 valence electrons. The van der Waals surface area contributed by atoms with Crippen molar-refractivity contribution in [2.45, 2.75) is 4.90 Å². The van der Waals surface area contributed by atoms with E-state index in [0.717, 1.165) is 6.26 Å². The summed E-state index contributed by atoms with van der Waals surface area (Å²) < 4.78 is 36.6. The summed E-state index contributed by atoms with van der Waals surface area (Å²) in [4.78, 5) is 7.44. The van der Waals surface area contributed by atoms with Gasteiger partial charge in [0, 0.05) is 11.8 Å². The van der Waals surface area contributed by atoms with E-state index in [9.17, 15) is 12.8 Å². The van der Waals surface area contributed by atoms with Gasteiger partial charge in [-0.15, -0.1) is 0 Å². The second kappa shape index (κ2) is 4.82. The average molecular weight is 325 g/mol. The molecule has 1 heterocycles. The second-order valence-electron chi connectivity index (χ2n) is 4.63. The molecule has 7 heteroatoms. The fourth-order valence-corrected chi connectivity index (χ4v) is 3.20. The first-order valence-corrected chi connectivity index (χ1v) is 8.27. The molecule has 0 aliphatic carbocycles. The summed E-state index contributed by atoms with van der Waals surface area (Å²) >= 11 is 6.00. The van der Waals surface area contributed by atoms with Gasteiger partial charge in [-0.25, -0.2) is 17.8 Å². The summed E-state index contributed by atoms with van der Waals surface area (Å²) in [6.45, 7) is 0. The third kappa shape index (κ3) is 2.52. The maximum Gasteiger partial charge on any atom is 0.177 e. The van der Waals surface area contributed by atoms with Crippen LogP contribution in [0.25, 0.3) is 22.4 Å². The van der Waals surface area contributed by atoms with E-state index in [-0.39, 0.29) is 9.92 Å². The van der Waals surface area contributed by atoms with E-state index in [2.05, 4.69) is 9.97 Å². The van der Waals surface area contributed by atoms with Crippen LogP contribution >= 0.6 is 11.6 Å². The van der Waals surface area contributed by atoms with Crippen LogP contribution in [0.5, 0.6) is 0 Å². The van der Waals surface area contributed by atoms with E-state index >= 15 is 0 Å². The normalized spacial score (nSPS) is 12.0. The molecular formula is C14H10ClFN2O2S. The lowest BCUT2D eigenvalue weighted by molar-refractivity contribution is 0.602. The molecule has 3 rings (SSSR count). The van der Waals surface area contributed by atoms with Crippen molar-refractivity contribution in [1.82, 2.24) is 9.97 Å². The van der Waals surface area contributed by atoms with Gasteiger partial charge in [0.05, 0.1) is 15.4 Å². The number of sulfone groups is 1. The van der Waals surface area contributed by atoms with Gasteiger partial charge in [0.1, 0.15) is 17.2 Å². The van der Waals surface area contributed by atoms with Crippen LogP contribution in [0.2, 0.25) is 5.02 Å². The van der Waals surface area contributed by atoms with Gasteiger partial charge >= 0.3 is 0 Å². The third-order valence-corrected chi connectivity index (χ3v) is 4.50. The fourth-order valence-electron chi connectivity index (χ4n) is 2.11. The predicted octanol–water partition coefficient (Wildman–Crippen LogP) is 3.43. The number of benzene rings is 2. The van der Waals surface area contributed by atoms with Crippen molar-refractivity contribution in [3.8, 4) is 11.4 Å². The van der Waals surface area contributed by atoms with Crippen LogP contribution in [0.1, 0.15) is 0 Å². The van der Waals surface area contributed by atoms with E-state index < -0.39 is 15.7 Å². The van der Waals surface area contributed by atoms with Crippen molar-refractivity contribution in [2.75, 3.05) is 6.26 Å². The zero-order chi connectivity index (χ0) is 15.2. The highest BCUT2D eigenvalue weighted by Gasteiger charge is 2.16. The van der Waals surface area contributed by atoms with E-state index in [1.54, 1.807) is 12.1 Å². The highest BCUT2D eigenvalue weighted by Crippen LogP contribution is 2.30. The number of fused-ring (bicyclic) bond motifs is 1. The molecule has 1 aromatic heterocycles. The average Bonchev–Trinajstić information content (AvgIpc) is 2.80. The van der Waals surface area contributed by atoms with Gasteiger partial charge < -0.3 is 4.98 Å². The Kier molecular flexibility index (Phi) is 3.22. The topological polar surface area (TPSA) is 62.8 Å². The number of hydrogen-bond acceptors (Lipinski definition) is 3. The number of aromatic nitrogens is 2. The molecule has 0 aliphatic rings. The Bertz CT molecular complexity index is 951. The van der Waals surface area contributed by atoms with Crippen LogP contribution in [0.3, 0.4) is 0 Å². The maximum atomic E-state index is 13.1. The van der Waals surface area contributed by atoms with Crippen LogP contribution in [0, 0.1) is 5.82 Å². The Balaban J connectivity index is 2.27. The van der Waals surface area contributed by atoms with Crippen molar-refractivity contribution in [1.29, 1.82) is 0 Å². The first-order chi connectivity index (χ1) is 9.86. The molecule has 21 heavy (non-hydrogen) atoms. The first-order valence-electron chi connectivity index (χ1n) is 6.00. The van der Waals surface area contributed by atoms with Crippen LogP contribution in [-0.4, -0.2) is 24.6 Å². The van der Waals surface area contributed by atoms with Gasteiger partial charge in [-0.2, -0.15) is 0 Å². The number of hydrogen-bond donors (Lipinski definition) is 1. The molecule has 0 saturated heterocycles. The van der Waals surface area contributed by atoms with Gasteiger partial charge in [-0.1, -0.05) is 17.7 Å². The van der Waals surface area contributed by atoms with Crippen LogP contribution in [-0.2, 0) is 9.84 Å². The Morgan fingerprint density at radius 2 is 2.00 bits per heavy atom. The summed E-state index contributed by atoms with van der Waals surface area (Å²) in [6, 6.07) is 8.79. The van der Waals surface area contributed by atoms with Crippen molar-refractivity contribution < 1.29 is 12.8 Å². The van der Waals surface area contributed by atoms with Gasteiger partial charge in [0.2, 0.25) is 0 Å². The lowest BCUT2D eigenvalue weighted by Gasteiger charge is -2.00. The Morgan fingerprint density at radius 1 is 1.24 bits per heavy atom. The highest BCUT2D eigenvalue weighted by molar-refractivity contribution is 7.91. The van der Waals surface area contributed by atoms with Gasteiger partial charge in [0.25, 0.3) is 0 Å². The Morgan fingerprint density at radius 3 is 2.67 bits per heavy atom. The molecule has 0 bridgehead atoms. The number of aromatic amines is 1. The molecule has 0 aliphatic heterocycles. The highest BCUT2D eigenvalue weighted by atomic mass is 35.5. The van der Waals surface area contributed by atoms with Crippen molar-refractivity contribution in [2.24, 2.45) is 0 Å². The zero-order valence-electron chi connectivity index (χ0n) is 10.9. The van der Waals surface area contributed by atoms with E-state index in [1.807, 2.05) is 0 Å². The van der Waals surface area contributed by atoms with Gasteiger partial charge in [-0.3, -0.25) is 0 Å². The fraction of sp³-hybridized carbons (Fsp3) is 0.0714. The molecule has 0 saturated carbocycles. The molecule has 0 spiro atoms. The number of rotatable bonds is 2. The summed E-state index contributed by atoms with van der Waals surface area (Å²) in [5.74, 6) is -0.0530. The number of para-hydroxylation sites is 1. The van der Waals surface area contributed by atoms with E-state index in [4.69, 9.17) is 11.6 Å². The van der Waals surface area contributed by atoms with Gasteiger partial charge in [0.15, 0.2) is 9.84 Å². The monoisotopic (exact) mass is 324 g/mol.